The lowest BCUT2D eigenvalue weighted by Crippen LogP contribution is -2.26. The van der Waals surface area contributed by atoms with Crippen molar-refractivity contribution >= 4 is 11.6 Å². The number of halogens is 3. The van der Waals surface area contributed by atoms with Crippen LogP contribution in [0.15, 0.2) is 18.2 Å². The lowest BCUT2D eigenvalue weighted by molar-refractivity contribution is 0.0896. The third-order valence-corrected chi connectivity index (χ3v) is 3.45. The minimum atomic E-state index is -2.72. The summed E-state index contributed by atoms with van der Waals surface area (Å²) < 4.78 is 31.6. The van der Waals surface area contributed by atoms with Crippen LogP contribution < -0.4 is 10.5 Å². The Morgan fingerprint density at radius 2 is 2.12 bits per heavy atom. The van der Waals surface area contributed by atoms with E-state index in [-0.39, 0.29) is 13.0 Å². The van der Waals surface area contributed by atoms with Gasteiger partial charge in [0, 0.05) is 13.0 Å². The zero-order valence-electron chi connectivity index (χ0n) is 8.77. The number of hydrogen-bond acceptors (Lipinski definition) is 2. The normalized spacial score (nSPS) is 26.6. The van der Waals surface area contributed by atoms with E-state index in [0.29, 0.717) is 16.3 Å². The molecule has 2 N–H and O–H groups in total. The summed E-state index contributed by atoms with van der Waals surface area (Å²) in [7, 11) is 1.48. The lowest BCUT2D eigenvalue weighted by atomic mass is 9.95. The van der Waals surface area contributed by atoms with Gasteiger partial charge in [-0.2, -0.15) is 0 Å². The van der Waals surface area contributed by atoms with Crippen LogP contribution in [0.25, 0.3) is 0 Å². The van der Waals surface area contributed by atoms with E-state index in [1.54, 1.807) is 12.1 Å². The summed E-state index contributed by atoms with van der Waals surface area (Å²) in [5, 5.41) is 0.329. The third-order valence-electron chi connectivity index (χ3n) is 3.15. The van der Waals surface area contributed by atoms with Gasteiger partial charge < -0.3 is 10.5 Å². The van der Waals surface area contributed by atoms with E-state index >= 15 is 0 Å². The van der Waals surface area contributed by atoms with Crippen LogP contribution in [0, 0.1) is 0 Å². The summed E-state index contributed by atoms with van der Waals surface area (Å²) in [6.07, 6.45) is -0.209. The second kappa shape index (κ2) is 3.57. The Bertz CT molecular complexity index is 424. The van der Waals surface area contributed by atoms with Crippen molar-refractivity contribution < 1.29 is 13.5 Å². The van der Waals surface area contributed by atoms with Crippen LogP contribution in [-0.4, -0.2) is 19.6 Å². The number of alkyl halides is 2. The SMILES string of the molecule is COc1ccc(C2(CN)CC2(F)F)cc1Cl. The summed E-state index contributed by atoms with van der Waals surface area (Å²) in [6.45, 7) is -0.0807. The molecule has 1 saturated carbocycles. The number of benzene rings is 1. The minimum absolute atomic E-state index is 0.0807. The maximum atomic E-state index is 13.3. The van der Waals surface area contributed by atoms with Crippen LogP contribution in [0.3, 0.4) is 0 Å². The van der Waals surface area contributed by atoms with Crippen molar-refractivity contribution in [3.8, 4) is 5.75 Å². The molecule has 1 atom stereocenters. The van der Waals surface area contributed by atoms with Gasteiger partial charge in [-0.15, -0.1) is 0 Å². The van der Waals surface area contributed by atoms with E-state index < -0.39 is 11.3 Å². The first kappa shape index (κ1) is 11.6. The highest BCUT2D eigenvalue weighted by atomic mass is 35.5. The Morgan fingerprint density at radius 1 is 1.50 bits per heavy atom. The molecule has 2 nitrogen and oxygen atoms in total. The Kier molecular flexibility index (Phi) is 2.59. The lowest BCUT2D eigenvalue weighted by Gasteiger charge is -2.15. The minimum Gasteiger partial charge on any atom is -0.495 e. The molecule has 5 heteroatoms. The molecule has 16 heavy (non-hydrogen) atoms. The molecule has 0 aliphatic heterocycles. The molecule has 1 aliphatic carbocycles. The van der Waals surface area contributed by atoms with E-state index in [1.165, 1.54) is 13.2 Å². The summed E-state index contributed by atoms with van der Waals surface area (Å²) >= 11 is 5.90. The van der Waals surface area contributed by atoms with Gasteiger partial charge >= 0.3 is 0 Å². The third kappa shape index (κ3) is 1.48. The molecule has 2 rings (SSSR count). The van der Waals surface area contributed by atoms with Crippen LogP contribution in [0.2, 0.25) is 5.02 Å². The van der Waals surface area contributed by atoms with Crippen molar-refractivity contribution in [1.82, 2.24) is 0 Å². The first-order valence-corrected chi connectivity index (χ1v) is 5.26. The molecule has 0 bridgehead atoms. The number of rotatable bonds is 3. The van der Waals surface area contributed by atoms with Crippen molar-refractivity contribution in [3.05, 3.63) is 28.8 Å². The number of hydrogen-bond donors (Lipinski definition) is 1. The molecule has 1 aromatic rings. The van der Waals surface area contributed by atoms with Gasteiger partial charge in [0.2, 0.25) is 0 Å². The van der Waals surface area contributed by atoms with E-state index in [9.17, 15) is 8.78 Å². The average molecular weight is 248 g/mol. The van der Waals surface area contributed by atoms with Crippen molar-refractivity contribution in [2.75, 3.05) is 13.7 Å². The highest BCUT2D eigenvalue weighted by Crippen LogP contribution is 2.61. The van der Waals surface area contributed by atoms with Crippen molar-refractivity contribution in [2.45, 2.75) is 17.8 Å². The zero-order chi connectivity index (χ0) is 12.0. The standard InChI is InChI=1S/C11H12ClF2NO/c1-16-9-3-2-7(4-8(9)12)10(6-15)5-11(10,13)14/h2-4H,5-6,15H2,1H3. The molecule has 0 aromatic heterocycles. The van der Waals surface area contributed by atoms with Gasteiger partial charge in [-0.1, -0.05) is 17.7 Å². The molecule has 0 amide bonds. The molecule has 1 fully saturated rings. The first-order chi connectivity index (χ1) is 7.47. The number of methoxy groups -OCH3 is 1. The predicted molar refractivity (Wildman–Crippen MR) is 58.3 cm³/mol. The summed E-state index contributed by atoms with van der Waals surface area (Å²) in [5.74, 6) is -2.25. The van der Waals surface area contributed by atoms with Crippen LogP contribution >= 0.6 is 11.6 Å². The largest absolute Gasteiger partial charge is 0.495 e. The quantitative estimate of drug-likeness (QED) is 0.891. The van der Waals surface area contributed by atoms with E-state index in [2.05, 4.69) is 0 Å². The topological polar surface area (TPSA) is 35.2 Å². The second-order valence-electron chi connectivity index (χ2n) is 4.02. The van der Waals surface area contributed by atoms with Gasteiger partial charge in [-0.3, -0.25) is 0 Å². The maximum Gasteiger partial charge on any atom is 0.260 e. The van der Waals surface area contributed by atoms with Gasteiger partial charge in [0.15, 0.2) is 0 Å². The van der Waals surface area contributed by atoms with Crippen molar-refractivity contribution in [1.29, 1.82) is 0 Å². The molecular weight excluding hydrogens is 236 g/mol. The van der Waals surface area contributed by atoms with Gasteiger partial charge in [0.25, 0.3) is 5.92 Å². The molecule has 88 valence electrons. The molecule has 0 radical (unpaired) electrons. The zero-order valence-corrected chi connectivity index (χ0v) is 9.52. The van der Waals surface area contributed by atoms with Gasteiger partial charge in [-0.05, 0) is 17.7 Å². The second-order valence-corrected chi connectivity index (χ2v) is 4.42. The van der Waals surface area contributed by atoms with Crippen molar-refractivity contribution in [3.63, 3.8) is 0 Å². The van der Waals surface area contributed by atoms with Crippen LogP contribution in [0.5, 0.6) is 5.75 Å². The molecule has 1 aliphatic rings. The highest BCUT2D eigenvalue weighted by Gasteiger charge is 2.71. The smallest absolute Gasteiger partial charge is 0.260 e. The predicted octanol–water partition coefficient (Wildman–Crippen LogP) is 2.58. The van der Waals surface area contributed by atoms with Crippen molar-refractivity contribution in [2.24, 2.45) is 5.73 Å². The van der Waals surface area contributed by atoms with E-state index in [0.717, 1.165) is 0 Å². The Hall–Kier alpha value is -0.870. The fraction of sp³-hybridized carbons (Fsp3) is 0.455. The fourth-order valence-electron chi connectivity index (χ4n) is 1.95. The average Bonchev–Trinajstić information content (AvgIpc) is 2.82. The molecular formula is C11H12ClF2NO. The van der Waals surface area contributed by atoms with E-state index in [4.69, 9.17) is 22.1 Å². The molecule has 0 spiro atoms. The summed E-state index contributed by atoms with van der Waals surface area (Å²) in [5.41, 5.74) is 4.69. The molecule has 0 heterocycles. The van der Waals surface area contributed by atoms with Crippen LogP contribution in [0.1, 0.15) is 12.0 Å². The maximum absolute atomic E-state index is 13.3. The molecule has 1 aromatic carbocycles. The first-order valence-electron chi connectivity index (χ1n) is 4.89. The summed E-state index contributed by atoms with van der Waals surface area (Å²) in [6, 6.07) is 4.69. The van der Waals surface area contributed by atoms with Crippen LogP contribution in [-0.2, 0) is 5.41 Å². The fourth-order valence-corrected chi connectivity index (χ4v) is 2.21. The monoisotopic (exact) mass is 247 g/mol. The van der Waals surface area contributed by atoms with Gasteiger partial charge in [0.1, 0.15) is 5.75 Å². The highest BCUT2D eigenvalue weighted by molar-refractivity contribution is 6.32. The molecule has 0 saturated heterocycles. The summed E-state index contributed by atoms with van der Waals surface area (Å²) in [4.78, 5) is 0. The van der Waals surface area contributed by atoms with E-state index in [1.807, 2.05) is 0 Å². The number of nitrogens with two attached hydrogens (primary N) is 1. The Balaban J connectivity index is 2.39. The molecule has 1 unspecified atom stereocenters. The Labute approximate surface area is 97.3 Å². The van der Waals surface area contributed by atoms with Crippen LogP contribution in [0.4, 0.5) is 8.78 Å². The van der Waals surface area contributed by atoms with Gasteiger partial charge in [0.05, 0.1) is 17.5 Å². The number of ether oxygens (including phenoxy) is 1. The Morgan fingerprint density at radius 3 is 2.50 bits per heavy atom. The van der Waals surface area contributed by atoms with Gasteiger partial charge in [-0.25, -0.2) is 8.78 Å².